The van der Waals surface area contributed by atoms with E-state index >= 15 is 0 Å². The summed E-state index contributed by atoms with van der Waals surface area (Å²) in [6.07, 6.45) is 1.95. The maximum absolute atomic E-state index is 10.6. The summed E-state index contributed by atoms with van der Waals surface area (Å²) in [4.78, 5) is 10.6. The summed E-state index contributed by atoms with van der Waals surface area (Å²) in [6.45, 7) is 0. The Kier molecular flexibility index (Phi) is 2.15. The third-order valence-corrected chi connectivity index (χ3v) is 2.75. The molecule has 3 heteroatoms. The number of carboxylic acids is 1. The lowest BCUT2D eigenvalue weighted by atomic mass is 9.98. The fourth-order valence-electron chi connectivity index (χ4n) is 2.11. The molecule has 74 valence electrons. The van der Waals surface area contributed by atoms with E-state index in [-0.39, 0.29) is 18.1 Å². The third kappa shape index (κ3) is 1.58. The van der Waals surface area contributed by atoms with Gasteiger partial charge in [-0.05, 0) is 42.0 Å². The average Bonchev–Trinajstić information content (AvgIpc) is 2.47. The van der Waals surface area contributed by atoms with Gasteiger partial charge in [-0.1, -0.05) is 6.07 Å². The van der Waals surface area contributed by atoms with Crippen molar-refractivity contribution < 1.29 is 15.0 Å². The normalized spacial score (nSPS) is 19.3. The second-order valence-electron chi connectivity index (χ2n) is 3.72. The van der Waals surface area contributed by atoms with Crippen molar-refractivity contribution in [2.75, 3.05) is 0 Å². The number of phenolic OH excluding ortho intramolecular Hbond substituents is 1. The Labute approximate surface area is 82.0 Å². The van der Waals surface area contributed by atoms with Crippen LogP contribution < -0.4 is 0 Å². The van der Waals surface area contributed by atoms with Crippen LogP contribution in [0, 0.1) is 0 Å². The van der Waals surface area contributed by atoms with Gasteiger partial charge in [-0.2, -0.15) is 0 Å². The lowest BCUT2D eigenvalue weighted by Crippen LogP contribution is -2.02. The minimum Gasteiger partial charge on any atom is -0.508 e. The van der Waals surface area contributed by atoms with E-state index in [1.807, 2.05) is 6.07 Å². The molecule has 0 spiro atoms. The molecule has 14 heavy (non-hydrogen) atoms. The number of rotatable bonds is 2. The first-order chi connectivity index (χ1) is 6.66. The molecular weight excluding hydrogens is 180 g/mol. The molecule has 0 radical (unpaired) electrons. The molecule has 0 saturated heterocycles. The first-order valence-electron chi connectivity index (χ1n) is 4.70. The molecule has 0 aliphatic heterocycles. The Morgan fingerprint density at radius 1 is 1.50 bits per heavy atom. The van der Waals surface area contributed by atoms with Crippen molar-refractivity contribution in [1.29, 1.82) is 0 Å². The summed E-state index contributed by atoms with van der Waals surface area (Å²) in [5, 5.41) is 18.0. The highest BCUT2D eigenvalue weighted by Crippen LogP contribution is 2.36. The molecule has 1 aromatic carbocycles. The van der Waals surface area contributed by atoms with Crippen molar-refractivity contribution in [1.82, 2.24) is 0 Å². The SMILES string of the molecule is O=C(O)CC1CCc2cc(O)ccc21. The molecule has 3 nitrogen and oxygen atoms in total. The van der Waals surface area contributed by atoms with Gasteiger partial charge in [0.15, 0.2) is 0 Å². The number of carbonyl (C=O) groups is 1. The first-order valence-corrected chi connectivity index (χ1v) is 4.70. The van der Waals surface area contributed by atoms with Crippen molar-refractivity contribution in [2.24, 2.45) is 0 Å². The Hall–Kier alpha value is -1.51. The number of phenols is 1. The summed E-state index contributed by atoms with van der Waals surface area (Å²) in [5.74, 6) is -0.362. The van der Waals surface area contributed by atoms with Gasteiger partial charge in [-0.15, -0.1) is 0 Å². The van der Waals surface area contributed by atoms with Gasteiger partial charge in [-0.3, -0.25) is 4.79 Å². The number of hydrogen-bond donors (Lipinski definition) is 2. The Morgan fingerprint density at radius 2 is 2.29 bits per heavy atom. The van der Waals surface area contributed by atoms with Crippen LogP contribution in [0.4, 0.5) is 0 Å². The van der Waals surface area contributed by atoms with E-state index in [0.717, 1.165) is 24.0 Å². The average molecular weight is 192 g/mol. The number of aliphatic carboxylic acids is 1. The highest BCUT2D eigenvalue weighted by Gasteiger charge is 2.24. The van der Waals surface area contributed by atoms with E-state index in [2.05, 4.69) is 0 Å². The van der Waals surface area contributed by atoms with Gasteiger partial charge >= 0.3 is 5.97 Å². The summed E-state index contributed by atoms with van der Waals surface area (Å²) >= 11 is 0. The van der Waals surface area contributed by atoms with E-state index in [1.54, 1.807) is 12.1 Å². The molecule has 0 saturated carbocycles. The molecule has 2 N–H and O–H groups in total. The van der Waals surface area contributed by atoms with Gasteiger partial charge in [0, 0.05) is 0 Å². The van der Waals surface area contributed by atoms with Crippen molar-refractivity contribution in [2.45, 2.75) is 25.2 Å². The Balaban J connectivity index is 2.26. The van der Waals surface area contributed by atoms with Crippen LogP contribution in [-0.4, -0.2) is 16.2 Å². The van der Waals surface area contributed by atoms with Crippen LogP contribution in [0.5, 0.6) is 5.75 Å². The minimum atomic E-state index is -0.754. The zero-order valence-electron chi connectivity index (χ0n) is 7.73. The smallest absolute Gasteiger partial charge is 0.303 e. The number of hydrogen-bond acceptors (Lipinski definition) is 2. The van der Waals surface area contributed by atoms with Crippen LogP contribution in [0.15, 0.2) is 18.2 Å². The van der Waals surface area contributed by atoms with Crippen LogP contribution in [-0.2, 0) is 11.2 Å². The molecule has 2 rings (SSSR count). The predicted molar refractivity (Wildman–Crippen MR) is 51.4 cm³/mol. The van der Waals surface area contributed by atoms with Crippen molar-refractivity contribution >= 4 is 5.97 Å². The van der Waals surface area contributed by atoms with Gasteiger partial charge in [0.2, 0.25) is 0 Å². The van der Waals surface area contributed by atoms with Crippen molar-refractivity contribution in [3.63, 3.8) is 0 Å². The second kappa shape index (κ2) is 3.33. The van der Waals surface area contributed by atoms with Crippen LogP contribution in [0.25, 0.3) is 0 Å². The van der Waals surface area contributed by atoms with E-state index in [4.69, 9.17) is 5.11 Å². The molecule has 0 heterocycles. The molecule has 1 aliphatic carbocycles. The molecular formula is C11H12O3. The fraction of sp³-hybridized carbons (Fsp3) is 0.364. The molecule has 1 aliphatic rings. The Bertz CT molecular complexity index is 371. The minimum absolute atomic E-state index is 0.128. The highest BCUT2D eigenvalue weighted by atomic mass is 16.4. The summed E-state index contributed by atoms with van der Waals surface area (Å²) in [6, 6.07) is 5.20. The molecule has 0 bridgehead atoms. The van der Waals surface area contributed by atoms with Crippen molar-refractivity contribution in [3.05, 3.63) is 29.3 Å². The topological polar surface area (TPSA) is 57.5 Å². The van der Waals surface area contributed by atoms with Crippen LogP contribution in [0.1, 0.15) is 29.9 Å². The molecule has 0 amide bonds. The van der Waals surface area contributed by atoms with Crippen LogP contribution >= 0.6 is 0 Å². The van der Waals surface area contributed by atoms with Crippen molar-refractivity contribution in [3.8, 4) is 5.75 Å². The summed E-state index contributed by atoms with van der Waals surface area (Å²) < 4.78 is 0. The maximum Gasteiger partial charge on any atom is 0.303 e. The first kappa shape index (κ1) is 9.06. The van der Waals surface area contributed by atoms with Gasteiger partial charge in [0.05, 0.1) is 6.42 Å². The largest absolute Gasteiger partial charge is 0.508 e. The molecule has 0 aromatic heterocycles. The van der Waals surface area contributed by atoms with Gasteiger partial charge < -0.3 is 10.2 Å². The maximum atomic E-state index is 10.6. The zero-order chi connectivity index (χ0) is 10.1. The second-order valence-corrected chi connectivity index (χ2v) is 3.72. The molecule has 0 fully saturated rings. The quantitative estimate of drug-likeness (QED) is 0.752. The summed E-state index contributed by atoms with van der Waals surface area (Å²) in [5.41, 5.74) is 2.18. The predicted octanol–water partition coefficient (Wildman–Crippen LogP) is 1.90. The van der Waals surface area contributed by atoms with Gasteiger partial charge in [0.1, 0.15) is 5.75 Å². The lowest BCUT2D eigenvalue weighted by molar-refractivity contribution is -0.137. The monoisotopic (exact) mass is 192 g/mol. The molecule has 1 aromatic rings. The van der Waals surface area contributed by atoms with Gasteiger partial charge in [0.25, 0.3) is 0 Å². The molecule has 1 unspecified atom stereocenters. The van der Waals surface area contributed by atoms with E-state index < -0.39 is 5.97 Å². The van der Waals surface area contributed by atoms with Crippen LogP contribution in [0.2, 0.25) is 0 Å². The van der Waals surface area contributed by atoms with Gasteiger partial charge in [-0.25, -0.2) is 0 Å². The standard InChI is InChI=1S/C11H12O3/c12-9-3-4-10-7(5-9)1-2-8(10)6-11(13)14/h3-5,8,12H,1-2,6H2,(H,13,14). The number of fused-ring (bicyclic) bond motifs is 1. The molecule has 1 atom stereocenters. The van der Waals surface area contributed by atoms with Crippen LogP contribution in [0.3, 0.4) is 0 Å². The zero-order valence-corrected chi connectivity index (χ0v) is 7.73. The number of carboxylic acid groups (broad SMARTS) is 1. The third-order valence-electron chi connectivity index (χ3n) is 2.75. The van der Waals surface area contributed by atoms with E-state index in [9.17, 15) is 9.90 Å². The summed E-state index contributed by atoms with van der Waals surface area (Å²) in [7, 11) is 0. The highest BCUT2D eigenvalue weighted by molar-refractivity contribution is 5.68. The fourth-order valence-corrected chi connectivity index (χ4v) is 2.11. The van der Waals surface area contributed by atoms with E-state index in [0.29, 0.717) is 0 Å². The number of benzene rings is 1. The number of aromatic hydroxyl groups is 1. The Morgan fingerprint density at radius 3 is 3.00 bits per heavy atom. The van der Waals surface area contributed by atoms with E-state index in [1.165, 1.54) is 0 Å². The number of aryl methyl sites for hydroxylation is 1. The lowest BCUT2D eigenvalue weighted by Gasteiger charge is -2.07.